The van der Waals surface area contributed by atoms with Gasteiger partial charge in [0.2, 0.25) is 10.0 Å². The van der Waals surface area contributed by atoms with Crippen LogP contribution in [0.4, 0.5) is 5.69 Å². The second-order valence-electron chi connectivity index (χ2n) is 4.48. The number of nitrogens with two attached hydrogens (primary N) is 1. The molecular formula is C12H17N3O2S2. The molecule has 0 unspecified atom stereocenters. The maximum absolute atomic E-state index is 12.4. The summed E-state index contributed by atoms with van der Waals surface area (Å²) in [4.78, 5) is 0.308. The number of anilines is 1. The van der Waals surface area contributed by atoms with E-state index in [1.807, 2.05) is 0 Å². The Kier molecular flexibility index (Phi) is 4.38. The lowest BCUT2D eigenvalue weighted by molar-refractivity contribution is 0.346. The molecule has 19 heavy (non-hydrogen) atoms. The number of nitrogens with one attached hydrogen (secondary N) is 1. The van der Waals surface area contributed by atoms with Gasteiger partial charge in [-0.15, -0.1) is 0 Å². The number of nitrogens with zero attached hydrogens (tertiary/aromatic N) is 1. The molecule has 104 valence electrons. The topological polar surface area (TPSA) is 75.4 Å². The molecule has 0 aromatic heterocycles. The van der Waals surface area contributed by atoms with Crippen molar-refractivity contribution >= 4 is 33.0 Å². The van der Waals surface area contributed by atoms with E-state index in [1.54, 1.807) is 28.6 Å². The van der Waals surface area contributed by atoms with Crippen molar-refractivity contribution in [1.29, 1.82) is 0 Å². The van der Waals surface area contributed by atoms with Crippen LogP contribution in [-0.4, -0.2) is 30.9 Å². The molecular weight excluding hydrogens is 282 g/mol. The molecule has 3 N–H and O–H groups in total. The van der Waals surface area contributed by atoms with Gasteiger partial charge in [0.1, 0.15) is 0 Å². The Bertz CT molecular complexity index is 549. The molecule has 2 rings (SSSR count). The van der Waals surface area contributed by atoms with Crippen LogP contribution in [0.2, 0.25) is 0 Å². The van der Waals surface area contributed by atoms with Crippen LogP contribution in [0, 0.1) is 0 Å². The van der Waals surface area contributed by atoms with Crippen molar-refractivity contribution < 1.29 is 8.42 Å². The van der Waals surface area contributed by atoms with Gasteiger partial charge in [0, 0.05) is 18.8 Å². The van der Waals surface area contributed by atoms with Crippen LogP contribution in [0.5, 0.6) is 0 Å². The summed E-state index contributed by atoms with van der Waals surface area (Å²) in [7, 11) is -3.37. The smallest absolute Gasteiger partial charge is 0.243 e. The van der Waals surface area contributed by atoms with Gasteiger partial charge >= 0.3 is 0 Å². The van der Waals surface area contributed by atoms with Gasteiger partial charge in [-0.2, -0.15) is 4.31 Å². The van der Waals surface area contributed by atoms with E-state index in [-0.39, 0.29) is 5.11 Å². The zero-order valence-corrected chi connectivity index (χ0v) is 12.1. The molecule has 1 aliphatic heterocycles. The molecule has 0 aliphatic carbocycles. The van der Waals surface area contributed by atoms with Crippen molar-refractivity contribution in [1.82, 2.24) is 4.31 Å². The van der Waals surface area contributed by atoms with Gasteiger partial charge < -0.3 is 11.1 Å². The van der Waals surface area contributed by atoms with Crippen LogP contribution >= 0.6 is 12.2 Å². The zero-order chi connectivity index (χ0) is 13.9. The lowest BCUT2D eigenvalue weighted by Gasteiger charge is -2.25. The third-order valence-corrected chi connectivity index (χ3v) is 5.09. The Morgan fingerprint density at radius 2 is 1.74 bits per heavy atom. The molecule has 0 saturated carbocycles. The fourth-order valence-corrected chi connectivity index (χ4v) is 3.74. The number of piperidine rings is 1. The molecule has 0 atom stereocenters. The van der Waals surface area contributed by atoms with Crippen LogP contribution in [-0.2, 0) is 10.0 Å². The van der Waals surface area contributed by atoms with Crippen LogP contribution in [0.3, 0.4) is 0 Å². The van der Waals surface area contributed by atoms with Gasteiger partial charge in [-0.3, -0.25) is 0 Å². The Labute approximate surface area is 118 Å². The quantitative estimate of drug-likeness (QED) is 0.828. The molecule has 0 bridgehead atoms. The Morgan fingerprint density at radius 1 is 1.16 bits per heavy atom. The molecule has 0 radical (unpaired) electrons. The minimum absolute atomic E-state index is 0.159. The number of hydrogen-bond donors (Lipinski definition) is 2. The van der Waals surface area contributed by atoms with Crippen molar-refractivity contribution in [3.63, 3.8) is 0 Å². The number of sulfonamides is 1. The van der Waals surface area contributed by atoms with E-state index in [9.17, 15) is 8.42 Å². The zero-order valence-electron chi connectivity index (χ0n) is 10.5. The summed E-state index contributed by atoms with van der Waals surface area (Å²) in [5.41, 5.74) is 6.04. The number of rotatable bonds is 3. The third kappa shape index (κ3) is 3.43. The number of benzene rings is 1. The summed E-state index contributed by atoms with van der Waals surface area (Å²) in [5, 5.41) is 2.92. The fourth-order valence-electron chi connectivity index (χ4n) is 2.11. The van der Waals surface area contributed by atoms with Crippen LogP contribution < -0.4 is 11.1 Å². The maximum atomic E-state index is 12.4. The summed E-state index contributed by atoms with van der Waals surface area (Å²) in [6.45, 7) is 1.21. The SMILES string of the molecule is NC(=S)Nc1ccc(S(=O)(=O)N2CCCCC2)cc1. The third-order valence-electron chi connectivity index (χ3n) is 3.07. The van der Waals surface area contributed by atoms with Gasteiger partial charge in [-0.1, -0.05) is 6.42 Å². The highest BCUT2D eigenvalue weighted by Crippen LogP contribution is 2.21. The highest BCUT2D eigenvalue weighted by molar-refractivity contribution is 7.89. The van der Waals surface area contributed by atoms with Crippen molar-refractivity contribution in [2.75, 3.05) is 18.4 Å². The summed E-state index contributed by atoms with van der Waals surface area (Å²) in [6, 6.07) is 6.47. The predicted molar refractivity (Wildman–Crippen MR) is 79.5 cm³/mol. The van der Waals surface area contributed by atoms with Crippen molar-refractivity contribution in [2.45, 2.75) is 24.2 Å². The molecule has 5 nitrogen and oxygen atoms in total. The highest BCUT2D eigenvalue weighted by atomic mass is 32.2. The molecule has 1 heterocycles. The molecule has 0 spiro atoms. The minimum atomic E-state index is -3.37. The first kappa shape index (κ1) is 14.2. The average Bonchev–Trinajstić information content (AvgIpc) is 2.40. The monoisotopic (exact) mass is 299 g/mol. The summed E-state index contributed by atoms with van der Waals surface area (Å²) in [6.07, 6.45) is 2.96. The summed E-state index contributed by atoms with van der Waals surface area (Å²) in [5.74, 6) is 0. The summed E-state index contributed by atoms with van der Waals surface area (Å²) >= 11 is 4.73. The molecule has 1 aromatic rings. The van der Waals surface area contributed by atoms with E-state index in [0.29, 0.717) is 23.7 Å². The second-order valence-corrected chi connectivity index (χ2v) is 6.86. The first-order chi connectivity index (χ1) is 9.00. The van der Waals surface area contributed by atoms with Gasteiger partial charge in [0.25, 0.3) is 0 Å². The lowest BCUT2D eigenvalue weighted by atomic mass is 10.2. The lowest BCUT2D eigenvalue weighted by Crippen LogP contribution is -2.35. The Morgan fingerprint density at radius 3 is 2.26 bits per heavy atom. The van der Waals surface area contributed by atoms with Crippen molar-refractivity contribution in [3.8, 4) is 0 Å². The first-order valence-corrected chi connectivity index (χ1v) is 8.01. The standard InChI is InChI=1S/C12H17N3O2S2/c13-12(18)14-10-4-6-11(7-5-10)19(16,17)15-8-2-1-3-9-15/h4-7H,1-3,8-9H2,(H3,13,14,18). The number of thiocarbonyl (C=S) groups is 1. The normalized spacial score (nSPS) is 17.1. The molecule has 1 aromatic carbocycles. The van der Waals surface area contributed by atoms with Crippen LogP contribution in [0.25, 0.3) is 0 Å². The van der Waals surface area contributed by atoms with Crippen molar-refractivity contribution in [2.24, 2.45) is 5.73 Å². The molecule has 1 saturated heterocycles. The van der Waals surface area contributed by atoms with Gasteiger partial charge in [0.05, 0.1) is 4.90 Å². The van der Waals surface area contributed by atoms with Gasteiger partial charge in [-0.25, -0.2) is 8.42 Å². The van der Waals surface area contributed by atoms with E-state index < -0.39 is 10.0 Å². The van der Waals surface area contributed by atoms with E-state index in [1.165, 1.54) is 0 Å². The largest absolute Gasteiger partial charge is 0.376 e. The average molecular weight is 299 g/mol. The molecule has 7 heteroatoms. The minimum Gasteiger partial charge on any atom is -0.376 e. The fraction of sp³-hybridized carbons (Fsp3) is 0.417. The van der Waals surface area contributed by atoms with Crippen molar-refractivity contribution in [3.05, 3.63) is 24.3 Å². The Hall–Kier alpha value is -1.18. The molecule has 1 aliphatic rings. The van der Waals surface area contributed by atoms with Crippen LogP contribution in [0.1, 0.15) is 19.3 Å². The van der Waals surface area contributed by atoms with Gasteiger partial charge in [0.15, 0.2) is 5.11 Å². The maximum Gasteiger partial charge on any atom is 0.243 e. The highest BCUT2D eigenvalue weighted by Gasteiger charge is 2.25. The first-order valence-electron chi connectivity index (χ1n) is 6.17. The van der Waals surface area contributed by atoms with E-state index >= 15 is 0 Å². The number of hydrogen-bond acceptors (Lipinski definition) is 3. The van der Waals surface area contributed by atoms with E-state index in [0.717, 1.165) is 19.3 Å². The second kappa shape index (κ2) is 5.85. The van der Waals surface area contributed by atoms with Crippen LogP contribution in [0.15, 0.2) is 29.2 Å². The molecule has 1 fully saturated rings. The summed E-state index contributed by atoms with van der Waals surface area (Å²) < 4.78 is 26.3. The van der Waals surface area contributed by atoms with Gasteiger partial charge in [-0.05, 0) is 49.3 Å². The van der Waals surface area contributed by atoms with E-state index in [2.05, 4.69) is 5.32 Å². The van der Waals surface area contributed by atoms with E-state index in [4.69, 9.17) is 18.0 Å². The molecule has 0 amide bonds. The Balaban J connectivity index is 2.18. The predicted octanol–water partition coefficient (Wildman–Crippen LogP) is 1.52.